The Hall–Kier alpha value is -2.41. The van der Waals surface area contributed by atoms with E-state index in [9.17, 15) is 4.79 Å². The summed E-state index contributed by atoms with van der Waals surface area (Å²) in [6, 6.07) is 15.0. The first-order valence-corrected chi connectivity index (χ1v) is 9.84. The maximum atomic E-state index is 12.5. The van der Waals surface area contributed by atoms with Crippen LogP contribution in [0.3, 0.4) is 0 Å². The monoisotopic (exact) mass is 400 g/mol. The number of ether oxygens (including phenoxy) is 1. The molecule has 1 fully saturated rings. The number of amides is 1. The van der Waals surface area contributed by atoms with Crippen LogP contribution in [-0.2, 0) is 4.79 Å². The first-order valence-electron chi connectivity index (χ1n) is 9.46. The second kappa shape index (κ2) is 9.68. The number of hydrazine groups is 1. The van der Waals surface area contributed by atoms with Crippen molar-refractivity contribution in [3.63, 3.8) is 0 Å². The molecule has 7 heteroatoms. The van der Waals surface area contributed by atoms with Gasteiger partial charge in [-0.15, -0.1) is 0 Å². The van der Waals surface area contributed by atoms with Gasteiger partial charge in [0.15, 0.2) is 0 Å². The predicted octanol–water partition coefficient (Wildman–Crippen LogP) is 3.58. The molecule has 1 saturated heterocycles. The fraction of sp³-hybridized carbons (Fsp3) is 0.333. The largest absolute Gasteiger partial charge is 0.494 e. The lowest BCUT2D eigenvalue weighted by atomic mass is 10.0. The van der Waals surface area contributed by atoms with Crippen molar-refractivity contribution in [2.75, 3.05) is 6.61 Å². The summed E-state index contributed by atoms with van der Waals surface area (Å²) in [5.74, 6) is 0.654. The number of nitrogens with zero attached hydrogens (tertiary/aromatic N) is 1. The molecule has 148 valence electrons. The minimum Gasteiger partial charge on any atom is -0.494 e. The molecule has 28 heavy (non-hydrogen) atoms. The third kappa shape index (κ3) is 5.10. The summed E-state index contributed by atoms with van der Waals surface area (Å²) in [5.41, 5.74) is 11.7. The molecule has 3 N–H and O–H groups in total. The summed E-state index contributed by atoms with van der Waals surface area (Å²) in [6.45, 7) is 4.59. The van der Waals surface area contributed by atoms with Crippen LogP contribution >= 0.6 is 11.6 Å². The van der Waals surface area contributed by atoms with Crippen LogP contribution in [0.1, 0.15) is 43.9 Å². The van der Waals surface area contributed by atoms with Crippen LogP contribution < -0.4 is 21.0 Å². The molecule has 0 aromatic heterocycles. The van der Waals surface area contributed by atoms with Crippen molar-refractivity contribution >= 4 is 23.2 Å². The molecular formula is C21H25ClN4O2. The van der Waals surface area contributed by atoms with Crippen LogP contribution in [0.5, 0.6) is 5.75 Å². The number of carbonyl (C=O) groups is 1. The third-order valence-electron chi connectivity index (χ3n) is 4.63. The first kappa shape index (κ1) is 20.3. The van der Waals surface area contributed by atoms with Crippen molar-refractivity contribution in [1.29, 1.82) is 0 Å². The number of hydrazone groups is 1. The number of hydrogen-bond donors (Lipinski definition) is 3. The lowest BCUT2D eigenvalue weighted by molar-refractivity contribution is -0.122. The van der Waals surface area contributed by atoms with E-state index in [0.29, 0.717) is 24.5 Å². The number of benzene rings is 2. The highest BCUT2D eigenvalue weighted by molar-refractivity contribution is 6.30. The summed E-state index contributed by atoms with van der Waals surface area (Å²) in [5, 5.41) is 5.03. The molecule has 1 amide bonds. The van der Waals surface area contributed by atoms with Gasteiger partial charge in [-0.2, -0.15) is 5.10 Å². The van der Waals surface area contributed by atoms with Crippen molar-refractivity contribution in [3.8, 4) is 5.75 Å². The van der Waals surface area contributed by atoms with Gasteiger partial charge in [-0.05, 0) is 67.3 Å². The zero-order chi connectivity index (χ0) is 19.9. The fourth-order valence-corrected chi connectivity index (χ4v) is 3.23. The molecule has 0 radical (unpaired) electrons. The van der Waals surface area contributed by atoms with Crippen molar-refractivity contribution in [2.24, 2.45) is 5.10 Å². The van der Waals surface area contributed by atoms with E-state index in [1.165, 1.54) is 0 Å². The summed E-state index contributed by atoms with van der Waals surface area (Å²) in [4.78, 5) is 12.5. The first-order chi connectivity index (χ1) is 13.6. The van der Waals surface area contributed by atoms with Gasteiger partial charge in [0.1, 0.15) is 11.8 Å². The summed E-state index contributed by atoms with van der Waals surface area (Å²) in [6.07, 6.45) is 1.34. The molecule has 2 atom stereocenters. The molecule has 0 spiro atoms. The molecule has 2 aromatic carbocycles. The van der Waals surface area contributed by atoms with Crippen LogP contribution in [0.15, 0.2) is 53.6 Å². The van der Waals surface area contributed by atoms with E-state index in [1.54, 1.807) is 0 Å². The van der Waals surface area contributed by atoms with E-state index in [1.807, 2.05) is 62.4 Å². The molecule has 1 aliphatic rings. The normalized spacial score (nSPS) is 19.5. The second-order valence-electron chi connectivity index (χ2n) is 6.53. The summed E-state index contributed by atoms with van der Waals surface area (Å²) >= 11 is 5.94. The van der Waals surface area contributed by atoms with Crippen LogP contribution in [0.25, 0.3) is 0 Å². The van der Waals surface area contributed by atoms with Gasteiger partial charge in [0.2, 0.25) is 0 Å². The number of nitrogens with one attached hydrogen (secondary N) is 3. The molecule has 0 saturated carbocycles. The Morgan fingerprint density at radius 1 is 1.14 bits per heavy atom. The predicted molar refractivity (Wildman–Crippen MR) is 111 cm³/mol. The highest BCUT2D eigenvalue weighted by Gasteiger charge is 2.30. The average molecular weight is 401 g/mol. The van der Waals surface area contributed by atoms with E-state index in [2.05, 4.69) is 21.4 Å². The quantitative estimate of drug-likeness (QED) is 0.490. The Bertz CT molecular complexity index is 821. The Balaban J connectivity index is 1.59. The maximum Gasteiger partial charge on any atom is 0.258 e. The van der Waals surface area contributed by atoms with Gasteiger partial charge >= 0.3 is 0 Å². The molecular weight excluding hydrogens is 376 g/mol. The Morgan fingerprint density at radius 3 is 2.50 bits per heavy atom. The minimum atomic E-state index is -0.358. The average Bonchev–Trinajstić information content (AvgIpc) is 3.20. The maximum absolute atomic E-state index is 12.5. The van der Waals surface area contributed by atoms with E-state index in [4.69, 9.17) is 16.3 Å². The molecule has 0 bridgehead atoms. The van der Waals surface area contributed by atoms with Crippen LogP contribution in [0.2, 0.25) is 5.02 Å². The molecule has 2 aromatic rings. The smallest absolute Gasteiger partial charge is 0.258 e. The van der Waals surface area contributed by atoms with E-state index >= 15 is 0 Å². The van der Waals surface area contributed by atoms with Crippen LogP contribution in [0, 0.1) is 0 Å². The number of rotatable bonds is 7. The van der Waals surface area contributed by atoms with Gasteiger partial charge in [0.25, 0.3) is 5.91 Å². The standard InChI is InChI=1S/C21H25ClN4O2/c1-3-18(14-7-11-17(12-8-14)28-4-2)23-26-21(27)20-13-19(24-25-20)15-5-9-16(22)10-6-15/h5-12,19-20,24-25H,3-4,13H2,1-2H3,(H,26,27)/b23-18+. The minimum absolute atomic E-state index is 0.0498. The van der Waals surface area contributed by atoms with Crippen LogP contribution in [0.4, 0.5) is 0 Å². The van der Waals surface area contributed by atoms with Gasteiger partial charge < -0.3 is 4.74 Å². The van der Waals surface area contributed by atoms with E-state index in [0.717, 1.165) is 22.6 Å². The Kier molecular flexibility index (Phi) is 7.03. The Labute approximate surface area is 170 Å². The van der Waals surface area contributed by atoms with Crippen LogP contribution in [-0.4, -0.2) is 24.3 Å². The van der Waals surface area contributed by atoms with E-state index < -0.39 is 0 Å². The van der Waals surface area contributed by atoms with Gasteiger partial charge in [0.05, 0.1) is 12.3 Å². The third-order valence-corrected chi connectivity index (χ3v) is 4.88. The second-order valence-corrected chi connectivity index (χ2v) is 6.96. The lowest BCUT2D eigenvalue weighted by Gasteiger charge is -2.10. The Morgan fingerprint density at radius 2 is 1.86 bits per heavy atom. The van der Waals surface area contributed by atoms with Crippen molar-refractivity contribution in [1.82, 2.24) is 16.3 Å². The topological polar surface area (TPSA) is 74.8 Å². The van der Waals surface area contributed by atoms with Gasteiger partial charge in [-0.3, -0.25) is 4.79 Å². The molecule has 2 unspecified atom stereocenters. The van der Waals surface area contributed by atoms with Crippen molar-refractivity contribution in [3.05, 3.63) is 64.7 Å². The zero-order valence-electron chi connectivity index (χ0n) is 16.0. The molecule has 1 aliphatic heterocycles. The zero-order valence-corrected chi connectivity index (χ0v) is 16.8. The van der Waals surface area contributed by atoms with Gasteiger partial charge in [0, 0.05) is 11.1 Å². The SMILES string of the molecule is CCOc1ccc(/C(CC)=N/NC(=O)C2CC(c3ccc(Cl)cc3)NN2)cc1. The fourth-order valence-electron chi connectivity index (χ4n) is 3.10. The highest BCUT2D eigenvalue weighted by atomic mass is 35.5. The molecule has 6 nitrogen and oxygen atoms in total. The van der Waals surface area contributed by atoms with Gasteiger partial charge in [-0.1, -0.05) is 30.7 Å². The lowest BCUT2D eigenvalue weighted by Crippen LogP contribution is -2.41. The van der Waals surface area contributed by atoms with Crippen molar-refractivity contribution in [2.45, 2.75) is 38.8 Å². The number of carbonyl (C=O) groups excluding carboxylic acids is 1. The summed E-state index contributed by atoms with van der Waals surface area (Å²) in [7, 11) is 0. The molecule has 3 rings (SSSR count). The van der Waals surface area contributed by atoms with E-state index in [-0.39, 0.29) is 18.0 Å². The highest BCUT2D eigenvalue weighted by Crippen LogP contribution is 2.23. The number of hydrogen-bond acceptors (Lipinski definition) is 5. The van der Waals surface area contributed by atoms with Gasteiger partial charge in [-0.25, -0.2) is 16.3 Å². The van der Waals surface area contributed by atoms with Crippen molar-refractivity contribution < 1.29 is 9.53 Å². The number of halogens is 1. The molecule has 0 aliphatic carbocycles. The summed E-state index contributed by atoms with van der Waals surface area (Å²) < 4.78 is 5.46. The molecule has 1 heterocycles.